The second-order valence-electron chi connectivity index (χ2n) is 9.65. The molecule has 3 heterocycles. The van der Waals surface area contributed by atoms with Crippen molar-refractivity contribution in [1.82, 2.24) is 9.13 Å². The fourth-order valence-electron chi connectivity index (χ4n) is 6.04. The number of cyclic esters (lactones) is 1. The Balaban J connectivity index is 1.41. The summed E-state index contributed by atoms with van der Waals surface area (Å²) < 4.78 is 9.90. The van der Waals surface area contributed by atoms with Crippen molar-refractivity contribution in [2.45, 2.75) is 6.42 Å². The summed E-state index contributed by atoms with van der Waals surface area (Å²) >= 11 is 0. The van der Waals surface area contributed by atoms with E-state index in [1.807, 2.05) is 12.1 Å². The molecule has 0 spiro atoms. The van der Waals surface area contributed by atoms with Crippen molar-refractivity contribution < 1.29 is 9.53 Å². The molecule has 1 aliphatic heterocycles. The summed E-state index contributed by atoms with van der Waals surface area (Å²) in [6, 6.07) is 38.6. The molecular formula is C33H22N2O2. The van der Waals surface area contributed by atoms with Gasteiger partial charge >= 0.3 is 5.97 Å². The maximum Gasteiger partial charge on any atom is 0.338 e. The Morgan fingerprint density at radius 1 is 0.541 bits per heavy atom. The number of esters is 1. The molecule has 0 amide bonds. The van der Waals surface area contributed by atoms with Crippen molar-refractivity contribution in [3.8, 4) is 11.4 Å². The van der Waals surface area contributed by atoms with Crippen LogP contribution in [0, 0.1) is 0 Å². The largest absolute Gasteiger partial charge is 0.462 e. The summed E-state index contributed by atoms with van der Waals surface area (Å²) in [5, 5.41) is 4.92. The molecule has 0 saturated heterocycles. The Hall–Kier alpha value is -4.83. The molecule has 0 N–H and O–H groups in total. The van der Waals surface area contributed by atoms with Crippen LogP contribution in [-0.2, 0) is 11.2 Å². The number of aromatic nitrogens is 2. The molecule has 1 aliphatic rings. The standard InChI is InChI=1S/C33H22N2O2/c36-33-24-15-13-22(19-21(24)17-18-37-33)34-31-12-6-3-9-27(31)28-20-23(14-16-32(28)34)35-29-10-4-1-7-25(29)26-8-2-5-11-30(26)35/h1-16,19-20H,17-18H2. The first-order chi connectivity index (χ1) is 18.3. The highest BCUT2D eigenvalue weighted by Crippen LogP contribution is 2.37. The van der Waals surface area contributed by atoms with Gasteiger partial charge in [-0.25, -0.2) is 4.79 Å². The van der Waals surface area contributed by atoms with Crippen LogP contribution in [0.25, 0.3) is 55.0 Å². The molecule has 0 bridgehead atoms. The molecule has 0 unspecified atom stereocenters. The lowest BCUT2D eigenvalue weighted by Crippen LogP contribution is -2.17. The zero-order valence-electron chi connectivity index (χ0n) is 20.0. The van der Waals surface area contributed by atoms with E-state index in [0.29, 0.717) is 12.2 Å². The number of carbonyl (C=O) groups excluding carboxylic acids is 1. The second kappa shape index (κ2) is 7.58. The first-order valence-electron chi connectivity index (χ1n) is 12.6. The number of nitrogens with zero attached hydrogens (tertiary/aromatic N) is 2. The van der Waals surface area contributed by atoms with Crippen LogP contribution in [0.3, 0.4) is 0 Å². The van der Waals surface area contributed by atoms with Gasteiger partial charge in [-0.15, -0.1) is 0 Å². The summed E-state index contributed by atoms with van der Waals surface area (Å²) in [5.41, 5.74) is 8.61. The van der Waals surface area contributed by atoms with Crippen molar-refractivity contribution >= 4 is 49.6 Å². The van der Waals surface area contributed by atoms with Gasteiger partial charge in [-0.1, -0.05) is 54.6 Å². The minimum atomic E-state index is -0.231. The van der Waals surface area contributed by atoms with Gasteiger partial charge in [-0.05, 0) is 60.2 Å². The zero-order chi connectivity index (χ0) is 24.5. The van der Waals surface area contributed by atoms with E-state index in [4.69, 9.17) is 4.74 Å². The van der Waals surface area contributed by atoms with Gasteiger partial charge in [0.15, 0.2) is 0 Å². The van der Waals surface area contributed by atoms with E-state index in [1.54, 1.807) is 0 Å². The SMILES string of the molecule is O=C1OCCc2cc(-n3c4ccccc4c4cc(-n5c6ccccc6c6ccccc65)ccc43)ccc21. The molecule has 2 aromatic heterocycles. The average molecular weight is 479 g/mol. The molecule has 5 aromatic carbocycles. The van der Waals surface area contributed by atoms with E-state index in [1.165, 1.54) is 32.6 Å². The summed E-state index contributed by atoms with van der Waals surface area (Å²) in [5.74, 6) is -0.231. The normalized spacial score (nSPS) is 13.5. The highest BCUT2D eigenvalue weighted by molar-refractivity contribution is 6.12. The Morgan fingerprint density at radius 2 is 1.05 bits per heavy atom. The van der Waals surface area contributed by atoms with Crippen LogP contribution in [0.5, 0.6) is 0 Å². The van der Waals surface area contributed by atoms with Crippen LogP contribution in [0.4, 0.5) is 0 Å². The smallest absolute Gasteiger partial charge is 0.338 e. The van der Waals surface area contributed by atoms with Gasteiger partial charge in [-0.2, -0.15) is 0 Å². The number of hydrogen-bond donors (Lipinski definition) is 0. The molecule has 8 rings (SSSR count). The molecule has 0 fully saturated rings. The molecule has 0 atom stereocenters. The van der Waals surface area contributed by atoms with Crippen molar-refractivity contribution in [3.63, 3.8) is 0 Å². The first-order valence-corrected chi connectivity index (χ1v) is 12.6. The molecule has 37 heavy (non-hydrogen) atoms. The summed E-state index contributed by atoms with van der Waals surface area (Å²) in [6.45, 7) is 0.435. The predicted octanol–water partition coefficient (Wildman–Crippen LogP) is 7.59. The number of rotatable bonds is 2. The fourth-order valence-corrected chi connectivity index (χ4v) is 6.04. The highest BCUT2D eigenvalue weighted by Gasteiger charge is 2.21. The molecule has 0 aliphatic carbocycles. The van der Waals surface area contributed by atoms with Crippen LogP contribution < -0.4 is 0 Å². The van der Waals surface area contributed by atoms with Crippen LogP contribution >= 0.6 is 0 Å². The molecule has 4 heteroatoms. The van der Waals surface area contributed by atoms with Crippen LogP contribution in [-0.4, -0.2) is 21.7 Å². The Bertz CT molecular complexity index is 1990. The molecule has 0 radical (unpaired) electrons. The minimum absolute atomic E-state index is 0.231. The van der Waals surface area contributed by atoms with Crippen molar-refractivity contribution in [2.24, 2.45) is 0 Å². The second-order valence-corrected chi connectivity index (χ2v) is 9.65. The van der Waals surface area contributed by atoms with Gasteiger partial charge in [0.25, 0.3) is 0 Å². The predicted molar refractivity (Wildman–Crippen MR) is 149 cm³/mol. The van der Waals surface area contributed by atoms with E-state index < -0.39 is 0 Å². The van der Waals surface area contributed by atoms with Gasteiger partial charge in [-0.3, -0.25) is 0 Å². The van der Waals surface area contributed by atoms with Crippen LogP contribution in [0.2, 0.25) is 0 Å². The number of benzene rings is 5. The van der Waals surface area contributed by atoms with E-state index in [0.717, 1.165) is 34.4 Å². The summed E-state index contributed by atoms with van der Waals surface area (Å²) in [7, 11) is 0. The lowest BCUT2D eigenvalue weighted by molar-refractivity contribution is 0.0480. The average Bonchev–Trinajstić information content (AvgIpc) is 3.46. The third-order valence-corrected chi connectivity index (χ3v) is 7.67. The third kappa shape index (κ3) is 2.87. The van der Waals surface area contributed by atoms with Gasteiger partial charge < -0.3 is 13.9 Å². The first kappa shape index (κ1) is 20.4. The number of fused-ring (bicyclic) bond motifs is 7. The molecule has 176 valence electrons. The maximum absolute atomic E-state index is 12.2. The quantitative estimate of drug-likeness (QED) is 0.240. The Morgan fingerprint density at radius 3 is 1.70 bits per heavy atom. The fraction of sp³-hybridized carbons (Fsp3) is 0.0606. The summed E-state index contributed by atoms with van der Waals surface area (Å²) in [6.07, 6.45) is 0.740. The Labute approximate surface area is 212 Å². The Kier molecular flexibility index (Phi) is 4.17. The number of hydrogen-bond acceptors (Lipinski definition) is 2. The van der Waals surface area contributed by atoms with Crippen molar-refractivity contribution in [1.29, 1.82) is 0 Å². The van der Waals surface area contributed by atoms with Crippen molar-refractivity contribution in [2.75, 3.05) is 6.61 Å². The van der Waals surface area contributed by atoms with Gasteiger partial charge in [0, 0.05) is 39.3 Å². The highest BCUT2D eigenvalue weighted by atomic mass is 16.5. The lowest BCUT2D eigenvalue weighted by Gasteiger charge is -2.17. The summed E-state index contributed by atoms with van der Waals surface area (Å²) in [4.78, 5) is 12.2. The lowest BCUT2D eigenvalue weighted by atomic mass is 10.0. The van der Waals surface area contributed by atoms with E-state index >= 15 is 0 Å². The zero-order valence-corrected chi connectivity index (χ0v) is 20.0. The van der Waals surface area contributed by atoms with E-state index in [9.17, 15) is 4.79 Å². The van der Waals surface area contributed by atoms with E-state index in [-0.39, 0.29) is 5.97 Å². The van der Waals surface area contributed by atoms with E-state index in [2.05, 4.69) is 106 Å². The van der Waals surface area contributed by atoms with Crippen LogP contribution in [0.15, 0.2) is 109 Å². The van der Waals surface area contributed by atoms with Crippen molar-refractivity contribution in [3.05, 3.63) is 120 Å². The third-order valence-electron chi connectivity index (χ3n) is 7.67. The van der Waals surface area contributed by atoms with Gasteiger partial charge in [0.1, 0.15) is 0 Å². The maximum atomic E-state index is 12.2. The van der Waals surface area contributed by atoms with Gasteiger partial charge in [0.2, 0.25) is 0 Å². The molecule has 0 saturated carbocycles. The monoisotopic (exact) mass is 478 g/mol. The molecular weight excluding hydrogens is 456 g/mol. The molecule has 7 aromatic rings. The van der Waals surface area contributed by atoms with Crippen LogP contribution in [0.1, 0.15) is 15.9 Å². The van der Waals surface area contributed by atoms with Gasteiger partial charge in [0.05, 0.1) is 34.2 Å². The minimum Gasteiger partial charge on any atom is -0.462 e. The number of carbonyl (C=O) groups is 1. The number of para-hydroxylation sites is 3. The number of ether oxygens (including phenoxy) is 1. The topological polar surface area (TPSA) is 36.2 Å². The molecule has 4 nitrogen and oxygen atoms in total.